The molecule has 30 heavy (non-hydrogen) atoms. The van der Waals surface area contributed by atoms with Crippen LogP contribution in [0.3, 0.4) is 0 Å². The lowest BCUT2D eigenvalue weighted by Gasteiger charge is -2.56. The van der Waals surface area contributed by atoms with Gasteiger partial charge in [-0.25, -0.2) is 4.79 Å². The van der Waals surface area contributed by atoms with Crippen molar-refractivity contribution in [2.24, 2.45) is 17.3 Å². The van der Waals surface area contributed by atoms with E-state index in [-0.39, 0.29) is 22.1 Å². The number of rotatable bonds is 4. The second-order valence-electron chi connectivity index (χ2n) is 8.55. The number of amides is 3. The van der Waals surface area contributed by atoms with Gasteiger partial charge in [-0.15, -0.1) is 0 Å². The van der Waals surface area contributed by atoms with Gasteiger partial charge in [0.15, 0.2) is 0 Å². The van der Waals surface area contributed by atoms with Gasteiger partial charge in [0.05, 0.1) is 16.3 Å². The molecule has 0 spiro atoms. The van der Waals surface area contributed by atoms with E-state index in [0.717, 1.165) is 6.42 Å². The lowest BCUT2D eigenvalue weighted by Crippen LogP contribution is -2.50. The van der Waals surface area contributed by atoms with Gasteiger partial charge in [-0.3, -0.25) is 10.1 Å². The van der Waals surface area contributed by atoms with E-state index in [1.54, 1.807) is 30.3 Å². The zero-order chi connectivity index (χ0) is 21.5. The maximum Gasteiger partial charge on any atom is 0.326 e. The highest BCUT2D eigenvalue weighted by Crippen LogP contribution is 2.58. The van der Waals surface area contributed by atoms with E-state index in [9.17, 15) is 9.59 Å². The maximum absolute atomic E-state index is 12.4. The van der Waals surface area contributed by atoms with Gasteiger partial charge in [0.1, 0.15) is 11.9 Å². The first kappa shape index (κ1) is 20.5. The summed E-state index contributed by atoms with van der Waals surface area (Å²) in [6.45, 7) is 6.79. The zero-order valence-electron chi connectivity index (χ0n) is 17.2. The average Bonchev–Trinajstić information content (AvgIpc) is 2.70. The highest BCUT2D eigenvalue weighted by Gasteiger charge is 2.52. The summed E-state index contributed by atoms with van der Waals surface area (Å²) < 4.78 is 6.28. The Kier molecular flexibility index (Phi) is 5.33. The van der Waals surface area contributed by atoms with Crippen molar-refractivity contribution < 1.29 is 14.3 Å². The minimum Gasteiger partial charge on any atom is -0.484 e. The smallest absolute Gasteiger partial charge is 0.326 e. The molecular formula is C24H25ClN2O3. The molecular weight excluding hydrogens is 400 g/mol. The number of allylic oxidation sites excluding steroid dienone is 1. The topological polar surface area (TPSA) is 67.4 Å². The summed E-state index contributed by atoms with van der Waals surface area (Å²) in [6.07, 6.45) is 3.32. The number of imide groups is 1. The van der Waals surface area contributed by atoms with Gasteiger partial charge in [0.25, 0.3) is 5.91 Å². The third-order valence-electron chi connectivity index (χ3n) is 6.46. The third-order valence-corrected chi connectivity index (χ3v) is 6.79. The summed E-state index contributed by atoms with van der Waals surface area (Å²) in [7, 11) is 0. The summed E-state index contributed by atoms with van der Waals surface area (Å²) in [5.41, 5.74) is 2.43. The Balaban J connectivity index is 1.45. The largest absolute Gasteiger partial charge is 0.484 e. The Morgan fingerprint density at radius 3 is 2.50 bits per heavy atom. The van der Waals surface area contributed by atoms with Crippen LogP contribution in [0.15, 0.2) is 60.2 Å². The molecule has 2 aromatic carbocycles. The molecule has 1 saturated carbocycles. The molecule has 0 heterocycles. The van der Waals surface area contributed by atoms with E-state index in [0.29, 0.717) is 23.3 Å². The van der Waals surface area contributed by atoms with Crippen LogP contribution >= 0.6 is 11.6 Å². The molecule has 2 aromatic rings. The third kappa shape index (κ3) is 3.70. The van der Waals surface area contributed by atoms with Gasteiger partial charge in [-0.1, -0.05) is 62.2 Å². The molecule has 0 aromatic heterocycles. The molecule has 6 heteroatoms. The minimum absolute atomic E-state index is 0.0393. The SMILES string of the molecule is CC1C(Oc2ccccc2NC(=O)NC(=O)c2ccccc2Cl)C=C2CC1C2(C)C. The zero-order valence-corrected chi connectivity index (χ0v) is 18.0. The number of para-hydroxylation sites is 2. The molecule has 2 bridgehead atoms. The summed E-state index contributed by atoms with van der Waals surface area (Å²) in [6, 6.07) is 13.2. The van der Waals surface area contributed by atoms with Gasteiger partial charge in [0, 0.05) is 5.92 Å². The molecule has 5 nitrogen and oxygen atoms in total. The van der Waals surface area contributed by atoms with Crippen molar-refractivity contribution in [3.63, 3.8) is 0 Å². The number of nitrogens with one attached hydrogen (secondary N) is 2. The van der Waals surface area contributed by atoms with Crippen molar-refractivity contribution in [2.45, 2.75) is 33.3 Å². The van der Waals surface area contributed by atoms with E-state index in [4.69, 9.17) is 16.3 Å². The van der Waals surface area contributed by atoms with Gasteiger partial charge < -0.3 is 10.1 Å². The van der Waals surface area contributed by atoms with Crippen LogP contribution in [-0.2, 0) is 0 Å². The normalized spacial score (nSPS) is 23.6. The number of hydrogen-bond acceptors (Lipinski definition) is 3. The highest BCUT2D eigenvalue weighted by molar-refractivity contribution is 6.34. The van der Waals surface area contributed by atoms with E-state index in [1.165, 1.54) is 5.57 Å². The summed E-state index contributed by atoms with van der Waals surface area (Å²) in [5, 5.41) is 5.31. The first-order valence-electron chi connectivity index (χ1n) is 10.1. The average molecular weight is 425 g/mol. The standard InChI is InChI=1S/C24H25ClN2O3/c1-14-17-12-15(24(17,2)3)13-21(14)30-20-11-7-6-10-19(20)26-23(29)27-22(28)16-8-4-5-9-18(16)25/h4-11,13-14,17,21H,12H2,1-3H3,(H2,26,27,28,29). The van der Waals surface area contributed by atoms with E-state index < -0.39 is 11.9 Å². The number of hydrogen-bond donors (Lipinski definition) is 2. The molecule has 0 aliphatic heterocycles. The predicted molar refractivity (Wildman–Crippen MR) is 118 cm³/mol. The molecule has 5 rings (SSSR count). The minimum atomic E-state index is -0.644. The molecule has 3 aliphatic carbocycles. The first-order chi connectivity index (χ1) is 14.3. The van der Waals surface area contributed by atoms with Crippen LogP contribution in [0, 0.1) is 17.3 Å². The van der Waals surface area contributed by atoms with Crippen molar-refractivity contribution >= 4 is 29.2 Å². The molecule has 1 fully saturated rings. The molecule has 3 aliphatic rings. The van der Waals surface area contributed by atoms with E-state index in [1.807, 2.05) is 18.2 Å². The Labute approximate surface area is 181 Å². The summed E-state index contributed by atoms with van der Waals surface area (Å²) in [4.78, 5) is 24.7. The Hall–Kier alpha value is -2.79. The van der Waals surface area contributed by atoms with Crippen LogP contribution in [0.25, 0.3) is 0 Å². The van der Waals surface area contributed by atoms with Gasteiger partial charge in [0.2, 0.25) is 0 Å². The molecule has 3 unspecified atom stereocenters. The molecule has 0 saturated heterocycles. The fourth-order valence-electron chi connectivity index (χ4n) is 4.50. The van der Waals surface area contributed by atoms with Crippen molar-refractivity contribution in [1.29, 1.82) is 0 Å². The number of benzene rings is 2. The molecule has 0 radical (unpaired) electrons. The monoisotopic (exact) mass is 424 g/mol. The quantitative estimate of drug-likeness (QED) is 0.621. The first-order valence-corrected chi connectivity index (χ1v) is 10.5. The molecule has 2 N–H and O–H groups in total. The number of carbonyl (C=O) groups excluding carboxylic acids is 2. The number of halogens is 1. The number of carbonyl (C=O) groups is 2. The van der Waals surface area contributed by atoms with Gasteiger partial charge in [-0.2, -0.15) is 0 Å². The van der Waals surface area contributed by atoms with E-state index in [2.05, 4.69) is 37.5 Å². The Bertz CT molecular complexity index is 1030. The van der Waals surface area contributed by atoms with Crippen molar-refractivity contribution in [3.05, 3.63) is 70.8 Å². The maximum atomic E-state index is 12.4. The Morgan fingerprint density at radius 1 is 1.10 bits per heavy atom. The second-order valence-corrected chi connectivity index (χ2v) is 8.96. The van der Waals surface area contributed by atoms with Crippen molar-refractivity contribution in [3.8, 4) is 5.75 Å². The fourth-order valence-corrected chi connectivity index (χ4v) is 4.72. The second kappa shape index (κ2) is 7.80. The van der Waals surface area contributed by atoms with Crippen molar-refractivity contribution in [1.82, 2.24) is 5.32 Å². The lowest BCUT2D eigenvalue weighted by atomic mass is 9.50. The van der Waals surface area contributed by atoms with Crippen molar-refractivity contribution in [2.75, 3.05) is 5.32 Å². The van der Waals surface area contributed by atoms with Crippen LogP contribution in [0.2, 0.25) is 5.02 Å². The number of urea groups is 1. The van der Waals surface area contributed by atoms with Crippen LogP contribution in [0.1, 0.15) is 37.6 Å². The van der Waals surface area contributed by atoms with Crippen LogP contribution in [-0.4, -0.2) is 18.0 Å². The molecule has 3 atom stereocenters. The lowest BCUT2D eigenvalue weighted by molar-refractivity contribution is 0.0188. The van der Waals surface area contributed by atoms with Crippen LogP contribution in [0.5, 0.6) is 5.75 Å². The number of ether oxygens (including phenoxy) is 1. The predicted octanol–water partition coefficient (Wildman–Crippen LogP) is 5.67. The van der Waals surface area contributed by atoms with Crippen LogP contribution < -0.4 is 15.4 Å². The number of anilines is 1. The summed E-state index contributed by atoms with van der Waals surface area (Å²) >= 11 is 6.03. The van der Waals surface area contributed by atoms with Gasteiger partial charge >= 0.3 is 6.03 Å². The summed E-state index contributed by atoms with van der Waals surface area (Å²) in [5.74, 6) is 0.982. The van der Waals surface area contributed by atoms with Crippen LogP contribution in [0.4, 0.5) is 10.5 Å². The highest BCUT2D eigenvalue weighted by atomic mass is 35.5. The Morgan fingerprint density at radius 2 is 1.80 bits per heavy atom. The van der Waals surface area contributed by atoms with Gasteiger partial charge in [-0.05, 0) is 48.1 Å². The fraction of sp³-hybridized carbons (Fsp3) is 0.333. The number of fused-ring (bicyclic) bond motifs is 2. The van der Waals surface area contributed by atoms with E-state index >= 15 is 0 Å². The molecule has 156 valence electrons. The molecule has 3 amide bonds.